The molecule has 0 spiro atoms. The summed E-state index contributed by atoms with van der Waals surface area (Å²) in [6, 6.07) is 8.35. The van der Waals surface area contributed by atoms with Gasteiger partial charge in [0.1, 0.15) is 0 Å². The summed E-state index contributed by atoms with van der Waals surface area (Å²) in [6.07, 6.45) is 0.826. The zero-order chi connectivity index (χ0) is 14.0. The number of aryl methyl sites for hydroxylation is 1. The van der Waals surface area contributed by atoms with E-state index in [9.17, 15) is 14.9 Å². The van der Waals surface area contributed by atoms with Crippen molar-refractivity contribution >= 4 is 12.0 Å². The Bertz CT molecular complexity index is 644. The molecule has 0 unspecified atom stereocenters. The molecule has 0 saturated carbocycles. The zero-order valence-electron chi connectivity index (χ0n) is 10.8. The first-order valence-electron chi connectivity index (χ1n) is 5.88. The fraction of sp³-hybridized carbons (Fsp3) is 0.214. The van der Waals surface area contributed by atoms with Gasteiger partial charge in [-0.1, -0.05) is 12.1 Å². The predicted octanol–water partition coefficient (Wildman–Crippen LogP) is 2.87. The van der Waals surface area contributed by atoms with Crippen molar-refractivity contribution in [3.63, 3.8) is 0 Å². The molecule has 0 aliphatic carbocycles. The van der Waals surface area contributed by atoms with Gasteiger partial charge >= 0.3 is 0 Å². The van der Waals surface area contributed by atoms with Crippen LogP contribution < -0.4 is 0 Å². The zero-order valence-corrected chi connectivity index (χ0v) is 10.8. The lowest BCUT2D eigenvalue weighted by Gasteiger charge is -2.09. The summed E-state index contributed by atoms with van der Waals surface area (Å²) >= 11 is 0. The van der Waals surface area contributed by atoms with Crippen molar-refractivity contribution in [1.29, 1.82) is 0 Å². The van der Waals surface area contributed by atoms with Crippen LogP contribution in [-0.2, 0) is 6.54 Å². The van der Waals surface area contributed by atoms with Gasteiger partial charge in [0.15, 0.2) is 6.29 Å². The summed E-state index contributed by atoms with van der Waals surface area (Å²) in [5.41, 5.74) is 3.41. The highest BCUT2D eigenvalue weighted by Gasteiger charge is 2.10. The summed E-state index contributed by atoms with van der Waals surface area (Å²) < 4.78 is 1.97. The maximum absolute atomic E-state index is 10.9. The summed E-state index contributed by atoms with van der Waals surface area (Å²) in [5, 5.41) is 10.7. The molecule has 5 heteroatoms. The summed E-state index contributed by atoms with van der Waals surface area (Å²) in [4.78, 5) is 21.2. The molecule has 2 rings (SSSR count). The number of hydrogen-bond donors (Lipinski definition) is 0. The second-order valence-electron chi connectivity index (χ2n) is 4.46. The molecular formula is C14H14N2O3. The number of nitro groups is 1. The molecule has 1 heterocycles. The third-order valence-electron chi connectivity index (χ3n) is 3.20. The standard InChI is InChI=1S/C14H14N2O3/c1-10-6-13(9-17)11(2)15(10)8-12-4-3-5-14(7-12)16(18)19/h3-7,9H,8H2,1-2H3. The Labute approximate surface area is 110 Å². The Morgan fingerprint density at radius 1 is 1.32 bits per heavy atom. The van der Waals surface area contributed by atoms with Gasteiger partial charge < -0.3 is 4.57 Å². The van der Waals surface area contributed by atoms with E-state index in [1.54, 1.807) is 12.1 Å². The molecule has 0 N–H and O–H groups in total. The molecule has 0 saturated heterocycles. The highest BCUT2D eigenvalue weighted by molar-refractivity contribution is 5.77. The van der Waals surface area contributed by atoms with Gasteiger partial charge in [0.05, 0.1) is 4.92 Å². The molecule has 1 aromatic heterocycles. The van der Waals surface area contributed by atoms with Gasteiger partial charge in [-0.3, -0.25) is 14.9 Å². The average Bonchev–Trinajstić information content (AvgIpc) is 2.66. The van der Waals surface area contributed by atoms with Crippen molar-refractivity contribution in [1.82, 2.24) is 4.57 Å². The number of nitrogens with zero attached hydrogens (tertiary/aromatic N) is 2. The highest BCUT2D eigenvalue weighted by Crippen LogP contribution is 2.18. The maximum Gasteiger partial charge on any atom is 0.269 e. The number of nitro benzene ring substituents is 1. The van der Waals surface area contributed by atoms with Crippen LogP contribution in [0.5, 0.6) is 0 Å². The van der Waals surface area contributed by atoms with E-state index in [0.717, 1.165) is 23.2 Å². The van der Waals surface area contributed by atoms with Crippen LogP contribution in [0.4, 0.5) is 5.69 Å². The van der Waals surface area contributed by atoms with Crippen LogP contribution in [0.25, 0.3) is 0 Å². The van der Waals surface area contributed by atoms with E-state index in [0.29, 0.717) is 12.1 Å². The molecule has 0 bridgehead atoms. The van der Waals surface area contributed by atoms with Crippen LogP contribution in [-0.4, -0.2) is 15.8 Å². The largest absolute Gasteiger partial charge is 0.344 e. The predicted molar refractivity (Wildman–Crippen MR) is 71.5 cm³/mol. The van der Waals surface area contributed by atoms with Gasteiger partial charge in [0.2, 0.25) is 0 Å². The molecule has 0 aliphatic rings. The molecule has 0 radical (unpaired) electrons. The molecule has 19 heavy (non-hydrogen) atoms. The first-order valence-corrected chi connectivity index (χ1v) is 5.88. The number of aromatic nitrogens is 1. The lowest BCUT2D eigenvalue weighted by Crippen LogP contribution is -2.04. The number of benzene rings is 1. The van der Waals surface area contributed by atoms with Gasteiger partial charge in [0, 0.05) is 35.6 Å². The topological polar surface area (TPSA) is 65.1 Å². The number of hydrogen-bond acceptors (Lipinski definition) is 3. The van der Waals surface area contributed by atoms with E-state index in [-0.39, 0.29) is 5.69 Å². The van der Waals surface area contributed by atoms with Crippen LogP contribution in [0, 0.1) is 24.0 Å². The Hall–Kier alpha value is -2.43. The van der Waals surface area contributed by atoms with Crippen LogP contribution in [0.2, 0.25) is 0 Å². The molecule has 0 atom stereocenters. The van der Waals surface area contributed by atoms with Crippen LogP contribution in [0.15, 0.2) is 30.3 Å². The van der Waals surface area contributed by atoms with Gasteiger partial charge in [-0.05, 0) is 25.5 Å². The van der Waals surface area contributed by atoms with Gasteiger partial charge in [0.25, 0.3) is 5.69 Å². The van der Waals surface area contributed by atoms with E-state index in [1.165, 1.54) is 6.07 Å². The van der Waals surface area contributed by atoms with E-state index in [4.69, 9.17) is 0 Å². The Kier molecular flexibility index (Phi) is 3.46. The average molecular weight is 258 g/mol. The third kappa shape index (κ3) is 2.54. The van der Waals surface area contributed by atoms with Crippen molar-refractivity contribution in [2.24, 2.45) is 0 Å². The third-order valence-corrected chi connectivity index (χ3v) is 3.20. The minimum Gasteiger partial charge on any atom is -0.344 e. The van der Waals surface area contributed by atoms with E-state index >= 15 is 0 Å². The number of rotatable bonds is 4. The first-order chi connectivity index (χ1) is 9.02. The van der Waals surface area contributed by atoms with Crippen molar-refractivity contribution in [3.05, 3.63) is 63.0 Å². The SMILES string of the molecule is Cc1cc(C=O)c(C)n1Cc1cccc([N+](=O)[O-])c1. The maximum atomic E-state index is 10.9. The fourth-order valence-electron chi connectivity index (χ4n) is 2.14. The van der Waals surface area contributed by atoms with E-state index in [2.05, 4.69) is 0 Å². The van der Waals surface area contributed by atoms with Crippen LogP contribution in [0.1, 0.15) is 27.3 Å². The number of aldehydes is 1. The Balaban J connectivity index is 2.36. The minimum atomic E-state index is -0.407. The lowest BCUT2D eigenvalue weighted by atomic mass is 10.2. The number of non-ortho nitro benzene ring substituents is 1. The van der Waals surface area contributed by atoms with Crippen LogP contribution in [0.3, 0.4) is 0 Å². The van der Waals surface area contributed by atoms with Crippen molar-refractivity contribution in [2.75, 3.05) is 0 Å². The summed E-state index contributed by atoms with van der Waals surface area (Å²) in [7, 11) is 0. The summed E-state index contributed by atoms with van der Waals surface area (Å²) in [6.45, 7) is 4.30. The number of carbonyl (C=O) groups excluding carboxylic acids is 1. The smallest absolute Gasteiger partial charge is 0.269 e. The summed E-state index contributed by atoms with van der Waals surface area (Å²) in [5.74, 6) is 0. The molecule has 5 nitrogen and oxygen atoms in total. The molecule has 0 fully saturated rings. The second kappa shape index (κ2) is 5.06. The lowest BCUT2D eigenvalue weighted by molar-refractivity contribution is -0.384. The van der Waals surface area contributed by atoms with Crippen molar-refractivity contribution < 1.29 is 9.72 Å². The van der Waals surface area contributed by atoms with Crippen LogP contribution >= 0.6 is 0 Å². The molecule has 0 amide bonds. The first kappa shape index (κ1) is 13.0. The molecule has 1 aromatic carbocycles. The van der Waals surface area contributed by atoms with Crippen molar-refractivity contribution in [3.8, 4) is 0 Å². The quantitative estimate of drug-likeness (QED) is 0.481. The van der Waals surface area contributed by atoms with E-state index in [1.807, 2.05) is 30.5 Å². The normalized spacial score (nSPS) is 10.4. The molecule has 0 aliphatic heterocycles. The van der Waals surface area contributed by atoms with E-state index < -0.39 is 4.92 Å². The second-order valence-corrected chi connectivity index (χ2v) is 4.46. The molecule has 2 aromatic rings. The van der Waals surface area contributed by atoms with Gasteiger partial charge in [-0.25, -0.2) is 0 Å². The Morgan fingerprint density at radius 2 is 2.05 bits per heavy atom. The minimum absolute atomic E-state index is 0.0792. The van der Waals surface area contributed by atoms with Gasteiger partial charge in [-0.2, -0.15) is 0 Å². The Morgan fingerprint density at radius 3 is 2.63 bits per heavy atom. The molecule has 98 valence electrons. The molecular weight excluding hydrogens is 244 g/mol. The number of carbonyl (C=O) groups is 1. The van der Waals surface area contributed by atoms with Crippen molar-refractivity contribution in [2.45, 2.75) is 20.4 Å². The monoisotopic (exact) mass is 258 g/mol. The highest BCUT2D eigenvalue weighted by atomic mass is 16.6. The fourth-order valence-corrected chi connectivity index (χ4v) is 2.14. The van der Waals surface area contributed by atoms with Gasteiger partial charge in [-0.15, -0.1) is 0 Å².